The lowest BCUT2D eigenvalue weighted by Crippen LogP contribution is -2.27. The molecule has 2 aromatic carbocycles. The molecule has 0 fully saturated rings. The summed E-state index contributed by atoms with van der Waals surface area (Å²) in [5, 5.41) is 0.756. The van der Waals surface area contributed by atoms with Gasteiger partial charge >= 0.3 is 0 Å². The molecule has 0 aromatic heterocycles. The lowest BCUT2D eigenvalue weighted by atomic mass is 10.2. The molecular formula is C14H13Cl2NO2S. The summed E-state index contributed by atoms with van der Waals surface area (Å²) in [7, 11) is -1.93. The van der Waals surface area contributed by atoms with Crippen molar-refractivity contribution in [2.75, 3.05) is 11.4 Å². The highest BCUT2D eigenvalue weighted by Crippen LogP contribution is 2.25. The SMILES string of the molecule is CN(c1ccccc1)S(=O)(=O)Cc1ccc(Cl)c(Cl)c1. The lowest BCUT2D eigenvalue weighted by molar-refractivity contribution is 0.593. The van der Waals surface area contributed by atoms with Crippen LogP contribution in [0.15, 0.2) is 48.5 Å². The van der Waals surface area contributed by atoms with Crippen molar-refractivity contribution in [3.8, 4) is 0 Å². The lowest BCUT2D eigenvalue weighted by Gasteiger charge is -2.19. The highest BCUT2D eigenvalue weighted by molar-refractivity contribution is 7.92. The number of hydrogen-bond donors (Lipinski definition) is 0. The van der Waals surface area contributed by atoms with Crippen LogP contribution in [0, 0.1) is 0 Å². The Hall–Kier alpha value is -1.23. The molecule has 106 valence electrons. The Kier molecular flexibility index (Phi) is 4.58. The fraction of sp³-hybridized carbons (Fsp3) is 0.143. The van der Waals surface area contributed by atoms with Gasteiger partial charge in [0.05, 0.1) is 21.5 Å². The highest BCUT2D eigenvalue weighted by atomic mass is 35.5. The molecule has 0 aliphatic carbocycles. The second kappa shape index (κ2) is 6.04. The molecule has 0 atom stereocenters. The first-order valence-corrected chi connectivity index (χ1v) is 8.22. The van der Waals surface area contributed by atoms with Gasteiger partial charge in [0, 0.05) is 7.05 Å². The first-order chi connectivity index (χ1) is 9.40. The predicted molar refractivity (Wildman–Crippen MR) is 83.9 cm³/mol. The molecule has 0 amide bonds. The van der Waals surface area contributed by atoms with Gasteiger partial charge in [0.2, 0.25) is 10.0 Å². The van der Waals surface area contributed by atoms with Gasteiger partial charge in [0.1, 0.15) is 0 Å². The third-order valence-electron chi connectivity index (χ3n) is 2.87. The van der Waals surface area contributed by atoms with Gasteiger partial charge in [0.15, 0.2) is 0 Å². The monoisotopic (exact) mass is 329 g/mol. The van der Waals surface area contributed by atoms with Crippen molar-refractivity contribution in [3.05, 3.63) is 64.1 Å². The van der Waals surface area contributed by atoms with E-state index in [1.807, 2.05) is 6.07 Å². The van der Waals surface area contributed by atoms with Crippen LogP contribution in [0.2, 0.25) is 10.0 Å². The van der Waals surface area contributed by atoms with Crippen LogP contribution in [-0.2, 0) is 15.8 Å². The number of sulfonamides is 1. The minimum atomic E-state index is -3.46. The maximum atomic E-state index is 12.3. The molecular weight excluding hydrogens is 317 g/mol. The largest absolute Gasteiger partial charge is 0.273 e. The zero-order chi connectivity index (χ0) is 14.8. The van der Waals surface area contributed by atoms with Crippen molar-refractivity contribution in [2.45, 2.75) is 5.75 Å². The van der Waals surface area contributed by atoms with Crippen molar-refractivity contribution in [3.63, 3.8) is 0 Å². The summed E-state index contributed by atoms with van der Waals surface area (Å²) in [6.07, 6.45) is 0. The fourth-order valence-corrected chi connectivity index (χ4v) is 3.29. The molecule has 0 N–H and O–H groups in total. The molecule has 0 aliphatic heterocycles. The van der Waals surface area contributed by atoms with Gasteiger partial charge in [0.25, 0.3) is 0 Å². The Morgan fingerprint density at radius 2 is 1.65 bits per heavy atom. The molecule has 0 unspecified atom stereocenters. The predicted octanol–water partition coefficient (Wildman–Crippen LogP) is 3.96. The number of benzene rings is 2. The van der Waals surface area contributed by atoms with E-state index in [2.05, 4.69) is 0 Å². The molecule has 0 saturated heterocycles. The van der Waals surface area contributed by atoms with E-state index in [1.54, 1.807) is 42.5 Å². The fourth-order valence-electron chi connectivity index (χ4n) is 1.74. The van der Waals surface area contributed by atoms with Gasteiger partial charge in [-0.25, -0.2) is 8.42 Å². The average Bonchev–Trinajstić information content (AvgIpc) is 2.43. The summed E-state index contributed by atoms with van der Waals surface area (Å²) in [5.74, 6) is -0.130. The molecule has 0 saturated carbocycles. The molecule has 0 heterocycles. The van der Waals surface area contributed by atoms with Gasteiger partial charge in [-0.15, -0.1) is 0 Å². The molecule has 0 spiro atoms. The van der Waals surface area contributed by atoms with E-state index in [4.69, 9.17) is 23.2 Å². The van der Waals surface area contributed by atoms with E-state index in [-0.39, 0.29) is 5.75 Å². The zero-order valence-corrected chi connectivity index (χ0v) is 13.1. The normalized spacial score (nSPS) is 11.3. The van der Waals surface area contributed by atoms with Crippen LogP contribution in [0.4, 0.5) is 5.69 Å². The van der Waals surface area contributed by atoms with E-state index in [0.717, 1.165) is 0 Å². The maximum Gasteiger partial charge on any atom is 0.239 e. The molecule has 20 heavy (non-hydrogen) atoms. The summed E-state index contributed by atoms with van der Waals surface area (Å²) in [6, 6.07) is 13.7. The zero-order valence-electron chi connectivity index (χ0n) is 10.8. The third kappa shape index (κ3) is 3.45. The number of halogens is 2. The standard InChI is InChI=1S/C14H13Cl2NO2S/c1-17(12-5-3-2-4-6-12)20(18,19)10-11-7-8-13(15)14(16)9-11/h2-9H,10H2,1H3. The Labute approximate surface area is 128 Å². The summed E-state index contributed by atoms with van der Waals surface area (Å²) >= 11 is 11.7. The molecule has 2 aromatic rings. The van der Waals surface area contributed by atoms with E-state index in [9.17, 15) is 8.42 Å². The number of nitrogens with zero attached hydrogens (tertiary/aromatic N) is 1. The Balaban J connectivity index is 2.25. The third-order valence-corrected chi connectivity index (χ3v) is 5.35. The second-order valence-electron chi connectivity index (χ2n) is 4.31. The van der Waals surface area contributed by atoms with Crippen LogP contribution in [0.1, 0.15) is 5.56 Å². The quantitative estimate of drug-likeness (QED) is 0.851. The number of rotatable bonds is 4. The first kappa shape index (κ1) is 15.2. The summed E-state index contributed by atoms with van der Waals surface area (Å²) in [6.45, 7) is 0. The number of para-hydroxylation sites is 1. The van der Waals surface area contributed by atoms with Crippen LogP contribution in [-0.4, -0.2) is 15.5 Å². The van der Waals surface area contributed by atoms with Crippen molar-refractivity contribution < 1.29 is 8.42 Å². The van der Waals surface area contributed by atoms with Gasteiger partial charge in [-0.3, -0.25) is 4.31 Å². The minimum absolute atomic E-state index is 0.130. The second-order valence-corrected chi connectivity index (χ2v) is 7.12. The van der Waals surface area contributed by atoms with Crippen molar-refractivity contribution in [2.24, 2.45) is 0 Å². The van der Waals surface area contributed by atoms with Gasteiger partial charge < -0.3 is 0 Å². The van der Waals surface area contributed by atoms with Crippen molar-refractivity contribution in [1.82, 2.24) is 0 Å². The van der Waals surface area contributed by atoms with Crippen molar-refractivity contribution >= 4 is 38.9 Å². The van der Waals surface area contributed by atoms with E-state index < -0.39 is 10.0 Å². The molecule has 0 radical (unpaired) electrons. The topological polar surface area (TPSA) is 37.4 Å². The summed E-state index contributed by atoms with van der Waals surface area (Å²) < 4.78 is 26.0. The highest BCUT2D eigenvalue weighted by Gasteiger charge is 2.19. The maximum absolute atomic E-state index is 12.3. The van der Waals surface area contributed by atoms with Crippen LogP contribution in [0.5, 0.6) is 0 Å². The smallest absolute Gasteiger partial charge is 0.239 e. The van der Waals surface area contributed by atoms with E-state index >= 15 is 0 Å². The molecule has 0 aliphatic rings. The summed E-state index contributed by atoms with van der Waals surface area (Å²) in [5.41, 5.74) is 1.22. The van der Waals surface area contributed by atoms with Crippen molar-refractivity contribution in [1.29, 1.82) is 0 Å². The molecule has 2 rings (SSSR count). The summed E-state index contributed by atoms with van der Waals surface area (Å²) in [4.78, 5) is 0. The molecule has 3 nitrogen and oxygen atoms in total. The molecule has 6 heteroatoms. The van der Waals surface area contributed by atoms with E-state index in [1.165, 1.54) is 11.4 Å². The van der Waals surface area contributed by atoms with Crippen LogP contribution in [0.25, 0.3) is 0 Å². The van der Waals surface area contributed by atoms with Gasteiger partial charge in [-0.2, -0.15) is 0 Å². The average molecular weight is 330 g/mol. The van der Waals surface area contributed by atoms with Crippen LogP contribution < -0.4 is 4.31 Å². The van der Waals surface area contributed by atoms with Crippen LogP contribution in [0.3, 0.4) is 0 Å². The first-order valence-electron chi connectivity index (χ1n) is 5.86. The minimum Gasteiger partial charge on any atom is -0.273 e. The van der Waals surface area contributed by atoms with E-state index in [0.29, 0.717) is 21.3 Å². The molecule has 0 bridgehead atoms. The number of hydrogen-bond acceptors (Lipinski definition) is 2. The van der Waals surface area contributed by atoms with Gasteiger partial charge in [-0.1, -0.05) is 47.5 Å². The van der Waals surface area contributed by atoms with Gasteiger partial charge in [-0.05, 0) is 29.8 Å². The Morgan fingerprint density at radius 3 is 2.25 bits per heavy atom. The number of anilines is 1. The van der Waals surface area contributed by atoms with Crippen LogP contribution >= 0.6 is 23.2 Å². The Morgan fingerprint density at radius 1 is 1.00 bits per heavy atom. The Bertz CT molecular complexity index is 702.